The van der Waals surface area contributed by atoms with Gasteiger partial charge in [0.05, 0.1) is 6.61 Å². The molecule has 17 nitrogen and oxygen atoms in total. The number of carboxylic acids is 1. The third-order valence-corrected chi connectivity index (χ3v) is 6.99. The van der Waals surface area contributed by atoms with Crippen LogP contribution >= 0.6 is 0 Å². The molecule has 0 bridgehead atoms. The second-order valence-corrected chi connectivity index (χ2v) is 10.4. The summed E-state index contributed by atoms with van der Waals surface area (Å²) in [4.78, 5) is 23.7. The van der Waals surface area contributed by atoms with Gasteiger partial charge in [0, 0.05) is 17.5 Å². The zero-order valence-electron chi connectivity index (χ0n) is 20.5. The lowest BCUT2D eigenvalue weighted by atomic mass is 9.96. The Morgan fingerprint density at radius 1 is 1.02 bits per heavy atom. The average Bonchev–Trinajstić information content (AvgIpc) is 2.86. The summed E-state index contributed by atoms with van der Waals surface area (Å²) < 4.78 is 60.2. The summed E-state index contributed by atoms with van der Waals surface area (Å²) in [7, 11) is -5.05. The zero-order chi connectivity index (χ0) is 29.5. The molecule has 2 saturated heterocycles. The van der Waals surface area contributed by atoms with Crippen LogP contribution in [-0.4, -0.2) is 118 Å². The van der Waals surface area contributed by atoms with E-state index in [-0.39, 0.29) is 11.3 Å². The van der Waals surface area contributed by atoms with Crippen molar-refractivity contribution in [3.8, 4) is 5.75 Å². The molecule has 18 heteroatoms. The molecule has 1 aromatic heterocycles. The minimum Gasteiger partial charge on any atom is -0.479 e. The van der Waals surface area contributed by atoms with Crippen LogP contribution in [0.15, 0.2) is 33.5 Å². The van der Waals surface area contributed by atoms with Crippen molar-refractivity contribution in [2.24, 2.45) is 0 Å². The van der Waals surface area contributed by atoms with Gasteiger partial charge in [-0.1, -0.05) is 0 Å². The number of rotatable bonds is 8. The summed E-state index contributed by atoms with van der Waals surface area (Å²) in [6.45, 7) is 0.781. The molecule has 0 radical (unpaired) electrons. The SMILES string of the molecule is Cc1cc(=O)oc2cc(O[C@@H]3O[C@H](C(=O)O)[C@@H](O[C@H]4O[C@H](CO)[C@@H](O)[C@H](O)[C@H]4NS(=O)(=O)O)[C@H](O)[C@H]3O)ccc12. The van der Waals surface area contributed by atoms with Crippen LogP contribution in [0.4, 0.5) is 0 Å². The Hall–Kier alpha value is -2.75. The molecule has 2 aliphatic heterocycles. The highest BCUT2D eigenvalue weighted by molar-refractivity contribution is 7.83. The first-order valence-corrected chi connectivity index (χ1v) is 13.1. The van der Waals surface area contributed by atoms with Crippen LogP contribution in [0.2, 0.25) is 0 Å². The first-order valence-electron chi connectivity index (χ1n) is 11.7. The second kappa shape index (κ2) is 11.6. The van der Waals surface area contributed by atoms with Gasteiger partial charge in [0.25, 0.3) is 0 Å². The van der Waals surface area contributed by atoms with E-state index >= 15 is 0 Å². The Kier molecular flexibility index (Phi) is 8.78. The maximum Gasteiger partial charge on any atom is 0.336 e. The van der Waals surface area contributed by atoms with E-state index in [4.69, 9.17) is 23.4 Å². The molecule has 2 aliphatic rings. The number of carbonyl (C=O) groups is 1. The highest BCUT2D eigenvalue weighted by Gasteiger charge is 2.54. The van der Waals surface area contributed by atoms with Crippen LogP contribution in [0.5, 0.6) is 5.75 Å². The Labute approximate surface area is 225 Å². The van der Waals surface area contributed by atoms with Crippen molar-refractivity contribution in [2.45, 2.75) is 68.3 Å². The largest absolute Gasteiger partial charge is 0.479 e. The van der Waals surface area contributed by atoms with Gasteiger partial charge in [0.15, 0.2) is 12.4 Å². The lowest BCUT2D eigenvalue weighted by Crippen LogP contribution is -2.68. The topological polar surface area (TPSA) is 272 Å². The number of aliphatic hydroxyl groups is 5. The third-order valence-electron chi connectivity index (χ3n) is 6.42. The molecule has 0 amide bonds. The molecule has 0 unspecified atom stereocenters. The fourth-order valence-electron chi connectivity index (χ4n) is 4.45. The van der Waals surface area contributed by atoms with Gasteiger partial charge in [-0.3, -0.25) is 4.55 Å². The lowest BCUT2D eigenvalue weighted by molar-refractivity contribution is -0.331. The Balaban J connectivity index is 1.58. The van der Waals surface area contributed by atoms with Crippen LogP contribution in [0.25, 0.3) is 11.0 Å². The fraction of sp³-hybridized carbons (Fsp3) is 0.545. The number of nitrogens with one attached hydrogen (secondary N) is 1. The molecule has 0 aliphatic carbocycles. The Bertz CT molecular complexity index is 1400. The van der Waals surface area contributed by atoms with Gasteiger partial charge in [0.1, 0.15) is 54.0 Å². The quantitative estimate of drug-likeness (QED) is 0.109. The van der Waals surface area contributed by atoms with E-state index in [0.29, 0.717) is 10.9 Å². The fourth-order valence-corrected chi connectivity index (χ4v) is 5.04. The van der Waals surface area contributed by atoms with Gasteiger partial charge in [-0.25, -0.2) is 9.59 Å². The molecule has 2 aromatic rings. The van der Waals surface area contributed by atoms with Crippen LogP contribution in [0, 0.1) is 6.92 Å². The number of aliphatic carboxylic acids is 1. The average molecular weight is 594 g/mol. The van der Waals surface area contributed by atoms with E-state index in [9.17, 15) is 53.2 Å². The maximum absolute atomic E-state index is 12.0. The highest BCUT2D eigenvalue weighted by atomic mass is 32.2. The Morgan fingerprint density at radius 3 is 2.35 bits per heavy atom. The number of hydrogen-bond acceptors (Lipinski definition) is 14. The van der Waals surface area contributed by atoms with E-state index in [1.807, 2.05) is 0 Å². The minimum absolute atomic E-state index is 0.0306. The van der Waals surface area contributed by atoms with Gasteiger partial charge in [0.2, 0.25) is 6.29 Å². The molecule has 8 N–H and O–H groups in total. The van der Waals surface area contributed by atoms with E-state index in [2.05, 4.69) is 0 Å². The van der Waals surface area contributed by atoms with Gasteiger partial charge in [-0.2, -0.15) is 13.1 Å². The van der Waals surface area contributed by atoms with Crippen LogP contribution in [-0.2, 0) is 29.3 Å². The molecule has 1 aromatic carbocycles. The van der Waals surface area contributed by atoms with Crippen LogP contribution in [0.1, 0.15) is 5.56 Å². The summed E-state index contributed by atoms with van der Waals surface area (Å²) in [5.41, 5.74) is 0.0986. The van der Waals surface area contributed by atoms with Crippen LogP contribution < -0.4 is 15.1 Å². The standard InChI is InChI=1S/C22H27NO16S/c1-7-4-12(25)36-10-5-8(2-3-9(7)10)35-22-17(29)16(28)18(19(39-22)20(30)31)38-21-13(23-40(32,33)34)15(27)14(26)11(6-24)37-21/h2-5,11,13-19,21-24,26-29H,6H2,1H3,(H,30,31)(H,32,33,34)/t11-,13-,14-,15-,16-,17-,18+,19+,21-,22-/m1/s1. The van der Waals surface area contributed by atoms with Gasteiger partial charge in [-0.05, 0) is 24.6 Å². The minimum atomic E-state index is -5.05. The molecular weight excluding hydrogens is 566 g/mol. The summed E-state index contributed by atoms with van der Waals surface area (Å²) in [6.07, 6.45) is -17.4. The van der Waals surface area contributed by atoms with E-state index in [0.717, 1.165) is 0 Å². The number of carboxylic acid groups (broad SMARTS) is 1. The number of aryl methyl sites for hydroxylation is 1. The van der Waals surface area contributed by atoms with Gasteiger partial charge in [-0.15, -0.1) is 0 Å². The monoisotopic (exact) mass is 593 g/mol. The van der Waals surface area contributed by atoms with E-state index in [1.54, 1.807) is 11.6 Å². The maximum atomic E-state index is 12.0. The van der Waals surface area contributed by atoms with Crippen molar-refractivity contribution in [1.29, 1.82) is 0 Å². The number of fused-ring (bicyclic) bond motifs is 1. The van der Waals surface area contributed by atoms with Gasteiger partial charge >= 0.3 is 21.9 Å². The lowest BCUT2D eigenvalue weighted by Gasteiger charge is -2.46. The molecule has 2 fully saturated rings. The molecular formula is C22H27NO16S. The molecule has 0 spiro atoms. The molecule has 0 saturated carbocycles. The van der Waals surface area contributed by atoms with Crippen molar-refractivity contribution in [1.82, 2.24) is 4.72 Å². The van der Waals surface area contributed by atoms with Crippen molar-refractivity contribution in [3.05, 3.63) is 40.2 Å². The first kappa shape index (κ1) is 30.2. The highest BCUT2D eigenvalue weighted by Crippen LogP contribution is 2.31. The molecule has 4 rings (SSSR count). The van der Waals surface area contributed by atoms with Crippen LogP contribution in [0.3, 0.4) is 0 Å². The van der Waals surface area contributed by atoms with E-state index < -0.39 is 89.9 Å². The number of aliphatic hydroxyl groups excluding tert-OH is 5. The Morgan fingerprint density at radius 2 is 1.73 bits per heavy atom. The smallest absolute Gasteiger partial charge is 0.336 e. The zero-order valence-corrected chi connectivity index (χ0v) is 21.3. The third kappa shape index (κ3) is 6.26. The van der Waals surface area contributed by atoms with Crippen molar-refractivity contribution >= 4 is 27.2 Å². The molecule has 10 atom stereocenters. The normalized spacial score (nSPS) is 35.0. The van der Waals surface area contributed by atoms with E-state index in [1.165, 1.54) is 24.3 Å². The molecule has 3 heterocycles. The van der Waals surface area contributed by atoms with Crippen molar-refractivity contribution < 1.29 is 71.8 Å². The number of benzene rings is 1. The molecule has 40 heavy (non-hydrogen) atoms. The number of ether oxygens (including phenoxy) is 4. The summed E-state index contributed by atoms with van der Waals surface area (Å²) in [5, 5.41) is 61.6. The van der Waals surface area contributed by atoms with Gasteiger partial charge < -0.3 is 54.0 Å². The summed E-state index contributed by atoms with van der Waals surface area (Å²) >= 11 is 0. The van der Waals surface area contributed by atoms with Crippen molar-refractivity contribution in [2.75, 3.05) is 6.61 Å². The predicted molar refractivity (Wildman–Crippen MR) is 127 cm³/mol. The second-order valence-electron chi connectivity index (χ2n) is 9.19. The predicted octanol–water partition coefficient (Wildman–Crippen LogP) is -3.40. The summed E-state index contributed by atoms with van der Waals surface area (Å²) in [6, 6.07) is 3.55. The summed E-state index contributed by atoms with van der Waals surface area (Å²) in [5.74, 6) is -1.75. The number of hydrogen-bond donors (Lipinski definition) is 8. The molecule has 222 valence electrons. The van der Waals surface area contributed by atoms with Crippen molar-refractivity contribution in [3.63, 3.8) is 0 Å². The first-order chi connectivity index (χ1) is 18.7.